The Hall–Kier alpha value is -7.09. The maximum absolute atomic E-state index is 15.0. The Morgan fingerprint density at radius 1 is 0.515 bits per heavy atom. The van der Waals surface area contributed by atoms with E-state index in [4.69, 9.17) is 4.74 Å². The first kappa shape index (κ1) is 92.0. The number of likely N-dealkylation sites (N-methyl/N-ethyl adjacent to an activating group) is 4. The molecule has 1 heterocycles. The van der Waals surface area contributed by atoms with E-state index < -0.39 is 149 Å². The van der Waals surface area contributed by atoms with Crippen molar-refractivity contribution in [3.63, 3.8) is 0 Å². The number of aliphatic hydroxyl groups excluding tert-OH is 1. The summed E-state index contributed by atoms with van der Waals surface area (Å²) in [6.07, 6.45) is 9.79. The molecule has 13 atom stereocenters. The van der Waals surface area contributed by atoms with Gasteiger partial charge in [0.05, 0.1) is 61.5 Å². The fourth-order valence-corrected chi connectivity index (χ4v) is 13.4. The molecule has 103 heavy (non-hydrogen) atoms. The maximum Gasteiger partial charge on any atom is 0.226 e. The van der Waals surface area contributed by atoms with Crippen LogP contribution in [0.1, 0.15) is 213 Å². The second-order valence-electron chi connectivity index (χ2n) is 31.3. The molecule has 1 fully saturated rings. The molecule has 3 rings (SSSR count). The number of ketones is 6. The normalized spacial score (nSPS) is 24.9. The average Bonchev–Trinajstić information content (AvgIpc) is 0.825. The summed E-state index contributed by atoms with van der Waals surface area (Å²) in [5.41, 5.74) is 2.20. The van der Waals surface area contributed by atoms with Gasteiger partial charge in [-0.3, -0.25) is 57.6 Å². The van der Waals surface area contributed by atoms with Gasteiger partial charge in [-0.15, -0.1) is 0 Å². The Kier molecular flexibility index (Phi) is 41.7. The van der Waals surface area contributed by atoms with E-state index in [-0.39, 0.29) is 93.8 Å². The Labute approximate surface area is 619 Å². The van der Waals surface area contributed by atoms with Gasteiger partial charge in [-0.25, -0.2) is 0 Å². The fraction of sp³-hybridized carbons (Fsp3) is 0.655. The molecule has 0 aliphatic carbocycles. The van der Waals surface area contributed by atoms with Crippen molar-refractivity contribution in [2.45, 2.75) is 250 Å². The van der Waals surface area contributed by atoms with Crippen LogP contribution in [0.15, 0.2) is 85.0 Å². The molecule has 576 valence electrons. The standard InChI is InChI=1S/C72H116N6O13.C12H16/c1-21-23-28-48(13)68(86)55-41-62(82)66(47(11)12)78(20)71(89)53(35-43(3)4)39-61(81)57(36-44(5)6)75(17)42-64(84)50(15)73-69(87)49(14)38-60(80)58(37-45(7)8)76(18)72(90)54(46(9)10)40-63(83)67(51(16)91-34-27-31-52-29-25-24-26-30-52)77(19)65(85)33-32-59(79)56(22-2)74-70(55)88;1-11(2)7-6-10-12-8-4-3-5-9-12/h21,23-27,29-31,43-51,53-58,66-68,86H,22,28,32-42H2,1-20H3,(H,73,87)(H,74,88);3-6,8-11H,7H2,1-2H3/b23-21+,31-27+;10-6+/t48-,49-,50-,51-,53-,54+,55+,56+,57+,58+,66+,67+,68-;/m1./s1. The van der Waals surface area contributed by atoms with E-state index in [1.165, 1.54) is 48.3 Å². The second-order valence-corrected chi connectivity index (χ2v) is 31.3. The second kappa shape index (κ2) is 46.7. The quantitative estimate of drug-likeness (QED) is 0.0983. The van der Waals surface area contributed by atoms with Gasteiger partial charge in [0.15, 0.2) is 34.7 Å². The van der Waals surface area contributed by atoms with Crippen molar-refractivity contribution < 1.29 is 62.6 Å². The van der Waals surface area contributed by atoms with Crippen LogP contribution in [0.25, 0.3) is 12.2 Å². The molecule has 0 unspecified atom stereocenters. The maximum atomic E-state index is 15.0. The lowest BCUT2D eigenvalue weighted by Gasteiger charge is -2.36. The van der Waals surface area contributed by atoms with Gasteiger partial charge >= 0.3 is 0 Å². The highest BCUT2D eigenvalue weighted by Gasteiger charge is 2.43. The Bertz CT molecular complexity index is 3100. The van der Waals surface area contributed by atoms with E-state index in [2.05, 4.69) is 60.9 Å². The highest BCUT2D eigenvalue weighted by molar-refractivity contribution is 5.99. The number of nitrogens with one attached hydrogen (secondary N) is 2. The number of carbonyl (C=O) groups excluding carboxylic acids is 11. The van der Waals surface area contributed by atoms with Crippen molar-refractivity contribution in [1.29, 1.82) is 0 Å². The lowest BCUT2D eigenvalue weighted by atomic mass is 9.82. The van der Waals surface area contributed by atoms with Crippen molar-refractivity contribution in [2.24, 2.45) is 65.1 Å². The summed E-state index contributed by atoms with van der Waals surface area (Å²) >= 11 is 0. The molecule has 19 nitrogen and oxygen atoms in total. The lowest BCUT2D eigenvalue weighted by Crippen LogP contribution is -2.53. The van der Waals surface area contributed by atoms with Gasteiger partial charge in [-0.2, -0.15) is 0 Å². The van der Waals surface area contributed by atoms with Crippen LogP contribution < -0.4 is 10.6 Å². The predicted molar refractivity (Wildman–Crippen MR) is 412 cm³/mol. The minimum Gasteiger partial charge on any atom is -0.392 e. The van der Waals surface area contributed by atoms with E-state index in [0.717, 1.165) is 17.9 Å². The van der Waals surface area contributed by atoms with Gasteiger partial charge in [0.1, 0.15) is 6.04 Å². The van der Waals surface area contributed by atoms with Gasteiger partial charge in [0.2, 0.25) is 29.5 Å². The Morgan fingerprint density at radius 2 is 1.04 bits per heavy atom. The van der Waals surface area contributed by atoms with Crippen LogP contribution in [-0.4, -0.2) is 179 Å². The molecule has 0 aromatic heterocycles. The summed E-state index contributed by atoms with van der Waals surface area (Å²) < 4.78 is 6.24. The SMILES string of the molecule is C/C=C/C[C@@H](C)[C@@H](O)[C@@H]1CC(=O)[C@H](C(C)C)N(C)C(=O)[C@H](CC(C)C)CC(=O)[C@H](CC(C)C)N(C)CC(=O)[C@@H](C)NC(=O)[C@H](C)CC(=O)[C@H](CC(C)C)N(C)C(=O)[C@H](C(C)C)CC(=O)[C@H]([C@@H](C)OC/C=C/c2ccccc2)N(C)C(=O)CCC(=O)[C@H](CC)NC1=O.CC(C)C/C=C/c1ccccc1. The number of rotatable bonds is 21. The first-order valence-corrected chi connectivity index (χ1v) is 37.9. The van der Waals surface area contributed by atoms with Crippen molar-refractivity contribution in [2.75, 3.05) is 41.3 Å². The molecule has 0 radical (unpaired) electrons. The van der Waals surface area contributed by atoms with Crippen molar-refractivity contribution in [3.05, 3.63) is 96.1 Å². The fourth-order valence-electron chi connectivity index (χ4n) is 13.4. The van der Waals surface area contributed by atoms with E-state index in [9.17, 15) is 57.8 Å². The summed E-state index contributed by atoms with van der Waals surface area (Å²) in [6.45, 7) is 33.0. The zero-order chi connectivity index (χ0) is 78.1. The van der Waals surface area contributed by atoms with Crippen LogP contribution in [0.2, 0.25) is 0 Å². The largest absolute Gasteiger partial charge is 0.392 e. The van der Waals surface area contributed by atoms with Gasteiger partial charge < -0.3 is 35.2 Å². The van der Waals surface area contributed by atoms with Crippen molar-refractivity contribution in [3.8, 4) is 0 Å². The molecule has 5 amide bonds. The molecule has 0 saturated carbocycles. The first-order valence-electron chi connectivity index (χ1n) is 37.9. The summed E-state index contributed by atoms with van der Waals surface area (Å²) in [4.78, 5) is 166. The van der Waals surface area contributed by atoms with Gasteiger partial charge in [0, 0.05) is 77.4 Å². The molecular weight excluding hydrogens is 1300 g/mol. The number of benzene rings is 2. The number of amides is 5. The number of nitrogens with zero attached hydrogens (tertiary/aromatic N) is 4. The third-order valence-electron chi connectivity index (χ3n) is 19.6. The van der Waals surface area contributed by atoms with Gasteiger partial charge in [-0.1, -0.05) is 201 Å². The third kappa shape index (κ3) is 31.6. The summed E-state index contributed by atoms with van der Waals surface area (Å²) in [5, 5.41) is 17.6. The zero-order valence-corrected chi connectivity index (χ0v) is 66.7. The topological polar surface area (TPSA) is 254 Å². The van der Waals surface area contributed by atoms with Crippen LogP contribution >= 0.6 is 0 Å². The van der Waals surface area contributed by atoms with Crippen molar-refractivity contribution >= 4 is 76.4 Å². The molecule has 1 aliphatic heterocycles. The highest BCUT2D eigenvalue weighted by Crippen LogP contribution is 2.30. The van der Waals surface area contributed by atoms with Crippen LogP contribution in [0.5, 0.6) is 0 Å². The molecule has 1 saturated heterocycles. The first-order chi connectivity index (χ1) is 48.3. The third-order valence-corrected chi connectivity index (χ3v) is 19.6. The van der Waals surface area contributed by atoms with Gasteiger partial charge in [0.25, 0.3) is 0 Å². The van der Waals surface area contributed by atoms with Crippen LogP contribution in [0, 0.1) is 65.1 Å². The van der Waals surface area contributed by atoms with E-state index >= 15 is 0 Å². The lowest BCUT2D eigenvalue weighted by molar-refractivity contribution is -0.148. The predicted octanol–water partition coefficient (Wildman–Crippen LogP) is 12.7. The minimum atomic E-state index is -1.38. The molecule has 0 spiro atoms. The number of hydrogen-bond donors (Lipinski definition) is 3. The van der Waals surface area contributed by atoms with Crippen LogP contribution in [-0.2, 0) is 57.5 Å². The Morgan fingerprint density at radius 3 is 1.55 bits per heavy atom. The number of allylic oxidation sites excluding steroid dienone is 3. The summed E-state index contributed by atoms with van der Waals surface area (Å²) in [6, 6.07) is 13.6. The summed E-state index contributed by atoms with van der Waals surface area (Å²) in [7, 11) is 6.11. The van der Waals surface area contributed by atoms with Crippen LogP contribution in [0.4, 0.5) is 0 Å². The molecule has 0 bridgehead atoms. The molecule has 3 N–H and O–H groups in total. The number of carbonyl (C=O) groups is 11. The molecular formula is C84H132N6O13. The highest BCUT2D eigenvalue weighted by atomic mass is 16.5. The van der Waals surface area contributed by atoms with E-state index in [1.54, 1.807) is 79.5 Å². The monoisotopic (exact) mass is 1430 g/mol. The average molecular weight is 1430 g/mol. The van der Waals surface area contributed by atoms with E-state index in [0.29, 0.717) is 12.8 Å². The molecule has 2 aromatic rings. The minimum absolute atomic E-state index is 0.0107. The van der Waals surface area contributed by atoms with Crippen LogP contribution in [0.3, 0.4) is 0 Å². The number of Topliss-reactive ketones (excluding diaryl/α,β-unsaturated/α-hetero) is 6. The Balaban J connectivity index is 0.00000270. The van der Waals surface area contributed by atoms with E-state index in [1.807, 2.05) is 97.0 Å². The zero-order valence-electron chi connectivity index (χ0n) is 66.7. The van der Waals surface area contributed by atoms with Gasteiger partial charge in [-0.05, 0) is 119 Å². The number of ether oxygens (including phenoxy) is 1. The molecule has 1 aliphatic rings. The molecule has 2 aromatic carbocycles. The molecule has 19 heteroatoms. The number of aliphatic hydroxyl groups is 1. The smallest absolute Gasteiger partial charge is 0.226 e. The summed E-state index contributed by atoms with van der Waals surface area (Å²) in [5.74, 6) is -10.5. The number of hydrogen-bond acceptors (Lipinski definition) is 14. The van der Waals surface area contributed by atoms with Crippen molar-refractivity contribution in [1.82, 2.24) is 30.2 Å².